The lowest BCUT2D eigenvalue weighted by molar-refractivity contribution is -0.123. The minimum absolute atomic E-state index is 0.125. The van der Waals surface area contributed by atoms with Crippen molar-refractivity contribution in [3.05, 3.63) is 41.6 Å². The van der Waals surface area contributed by atoms with Crippen LogP contribution in [-0.4, -0.2) is 28.5 Å². The molecular weight excluding hydrogens is 300 g/mol. The van der Waals surface area contributed by atoms with Crippen molar-refractivity contribution in [1.82, 2.24) is 15.3 Å². The number of hydrogen-bond acceptors (Lipinski definition) is 4. The molecule has 2 aromatic rings. The van der Waals surface area contributed by atoms with E-state index in [2.05, 4.69) is 20.6 Å². The molecule has 0 aliphatic carbocycles. The van der Waals surface area contributed by atoms with Crippen molar-refractivity contribution in [2.75, 3.05) is 11.9 Å². The lowest BCUT2D eigenvalue weighted by Gasteiger charge is -2.23. The van der Waals surface area contributed by atoms with Crippen molar-refractivity contribution in [2.45, 2.75) is 25.3 Å². The number of benzene rings is 1. The molecule has 1 atom stereocenters. The molecule has 114 valence electrons. The van der Waals surface area contributed by atoms with Gasteiger partial charge in [0.05, 0.1) is 0 Å². The summed E-state index contributed by atoms with van der Waals surface area (Å²) >= 11 is 6.00. The number of carbonyl (C=O) groups is 1. The fourth-order valence-electron chi connectivity index (χ4n) is 2.49. The van der Waals surface area contributed by atoms with Gasteiger partial charge in [0.1, 0.15) is 5.82 Å². The van der Waals surface area contributed by atoms with Crippen LogP contribution in [0.2, 0.25) is 5.02 Å². The second kappa shape index (κ2) is 6.75. The Kier molecular flexibility index (Phi) is 4.53. The molecule has 1 fully saturated rings. The molecule has 1 aliphatic heterocycles. The average Bonchev–Trinajstić information content (AvgIpc) is 2.53. The van der Waals surface area contributed by atoms with E-state index in [-0.39, 0.29) is 11.9 Å². The summed E-state index contributed by atoms with van der Waals surface area (Å²) in [4.78, 5) is 20.2. The van der Waals surface area contributed by atoms with Crippen LogP contribution in [0.25, 0.3) is 11.4 Å². The summed E-state index contributed by atoms with van der Waals surface area (Å²) in [5.74, 6) is 1.49. The number of halogens is 1. The van der Waals surface area contributed by atoms with E-state index in [1.807, 2.05) is 30.3 Å². The number of nitrogens with zero attached hydrogens (tertiary/aromatic N) is 2. The first-order valence-electron chi connectivity index (χ1n) is 7.33. The number of nitrogens with one attached hydrogen (secondary N) is 2. The van der Waals surface area contributed by atoms with Crippen molar-refractivity contribution >= 4 is 23.3 Å². The zero-order valence-electron chi connectivity index (χ0n) is 12.1. The third kappa shape index (κ3) is 3.74. The van der Waals surface area contributed by atoms with Crippen LogP contribution in [0.4, 0.5) is 5.82 Å². The fourth-order valence-corrected chi connectivity index (χ4v) is 2.68. The molecule has 1 aromatic carbocycles. The van der Waals surface area contributed by atoms with Gasteiger partial charge in [-0.15, -0.1) is 0 Å². The first kappa shape index (κ1) is 14.8. The Balaban J connectivity index is 1.67. The minimum atomic E-state index is 0.125. The van der Waals surface area contributed by atoms with Crippen molar-refractivity contribution in [2.24, 2.45) is 0 Å². The lowest BCUT2D eigenvalue weighted by atomic mass is 10.0. The number of aromatic nitrogens is 2. The Bertz CT molecular complexity index is 677. The summed E-state index contributed by atoms with van der Waals surface area (Å²) < 4.78 is 0. The van der Waals surface area contributed by atoms with Crippen LogP contribution in [0.1, 0.15) is 19.3 Å². The summed E-state index contributed by atoms with van der Waals surface area (Å²) in [6.45, 7) is 0.664. The molecule has 0 radical (unpaired) electrons. The quantitative estimate of drug-likeness (QED) is 0.910. The number of piperidine rings is 1. The molecule has 1 aromatic heterocycles. The molecule has 0 spiro atoms. The smallest absolute Gasteiger partial charge is 0.220 e. The summed E-state index contributed by atoms with van der Waals surface area (Å²) in [6, 6.07) is 9.43. The number of anilines is 1. The van der Waals surface area contributed by atoms with E-state index in [1.54, 1.807) is 6.20 Å². The Hall–Kier alpha value is -2.14. The molecule has 2 N–H and O–H groups in total. The Morgan fingerprint density at radius 3 is 3.09 bits per heavy atom. The van der Waals surface area contributed by atoms with Gasteiger partial charge < -0.3 is 10.6 Å². The number of amides is 1. The largest absolute Gasteiger partial charge is 0.368 e. The number of hydrogen-bond donors (Lipinski definition) is 2. The average molecular weight is 317 g/mol. The maximum Gasteiger partial charge on any atom is 0.220 e. The van der Waals surface area contributed by atoms with Gasteiger partial charge in [-0.25, -0.2) is 9.97 Å². The third-order valence-corrected chi connectivity index (χ3v) is 3.82. The predicted molar refractivity (Wildman–Crippen MR) is 86.7 cm³/mol. The highest BCUT2D eigenvalue weighted by molar-refractivity contribution is 6.30. The van der Waals surface area contributed by atoms with E-state index in [1.165, 1.54) is 0 Å². The monoisotopic (exact) mass is 316 g/mol. The fraction of sp³-hybridized carbons (Fsp3) is 0.312. The van der Waals surface area contributed by atoms with Crippen LogP contribution in [0.5, 0.6) is 0 Å². The Morgan fingerprint density at radius 1 is 1.36 bits per heavy atom. The second-order valence-electron chi connectivity index (χ2n) is 5.31. The first-order valence-corrected chi connectivity index (χ1v) is 7.71. The molecule has 0 saturated carbocycles. The summed E-state index contributed by atoms with van der Waals surface area (Å²) in [5.41, 5.74) is 0.877. The van der Waals surface area contributed by atoms with Crippen molar-refractivity contribution in [3.63, 3.8) is 0 Å². The van der Waals surface area contributed by atoms with Gasteiger partial charge in [-0.3, -0.25) is 4.79 Å². The van der Waals surface area contributed by atoms with Gasteiger partial charge in [0.25, 0.3) is 0 Å². The third-order valence-electron chi connectivity index (χ3n) is 3.59. The van der Waals surface area contributed by atoms with Crippen LogP contribution >= 0.6 is 11.6 Å². The number of carbonyl (C=O) groups excluding carboxylic acids is 1. The lowest BCUT2D eigenvalue weighted by Crippen LogP contribution is -2.42. The van der Waals surface area contributed by atoms with Gasteiger partial charge in [-0.1, -0.05) is 23.7 Å². The standard InChI is InChI=1S/C16H17ClN4O/c17-12-4-1-3-11(9-12)16-18-8-7-14(21-16)19-10-13-5-2-6-15(22)20-13/h1,3-4,7-9,13H,2,5-6,10H2,(H,20,22)(H,18,19,21)/t13-/m1/s1. The molecule has 0 unspecified atom stereocenters. The normalized spacial score (nSPS) is 17.9. The first-order chi connectivity index (χ1) is 10.7. The molecule has 5 nitrogen and oxygen atoms in total. The van der Waals surface area contributed by atoms with Crippen molar-refractivity contribution < 1.29 is 4.79 Å². The van der Waals surface area contributed by atoms with Crippen molar-refractivity contribution in [1.29, 1.82) is 0 Å². The maximum absolute atomic E-state index is 11.4. The molecule has 1 saturated heterocycles. The minimum Gasteiger partial charge on any atom is -0.368 e. The van der Waals surface area contributed by atoms with Crippen LogP contribution < -0.4 is 10.6 Å². The van der Waals surface area contributed by atoms with E-state index in [0.29, 0.717) is 23.8 Å². The van der Waals surface area contributed by atoms with Crippen LogP contribution in [0, 0.1) is 0 Å². The predicted octanol–water partition coefficient (Wildman–Crippen LogP) is 2.88. The highest BCUT2D eigenvalue weighted by Gasteiger charge is 2.17. The highest BCUT2D eigenvalue weighted by atomic mass is 35.5. The zero-order chi connectivity index (χ0) is 15.4. The summed E-state index contributed by atoms with van der Waals surface area (Å²) in [5, 5.41) is 6.90. The molecule has 2 heterocycles. The van der Waals surface area contributed by atoms with Gasteiger partial charge in [0.15, 0.2) is 5.82 Å². The SMILES string of the molecule is O=C1CCC[C@H](CNc2ccnc(-c3cccc(Cl)c3)n2)N1. The molecule has 6 heteroatoms. The van der Waals surface area contributed by atoms with Crippen molar-refractivity contribution in [3.8, 4) is 11.4 Å². The second-order valence-corrected chi connectivity index (χ2v) is 5.75. The van der Waals surface area contributed by atoms with E-state index in [4.69, 9.17) is 11.6 Å². The van der Waals surface area contributed by atoms with E-state index < -0.39 is 0 Å². The molecule has 22 heavy (non-hydrogen) atoms. The summed E-state index contributed by atoms with van der Waals surface area (Å²) in [7, 11) is 0. The van der Waals surface area contributed by atoms with Crippen LogP contribution in [-0.2, 0) is 4.79 Å². The topological polar surface area (TPSA) is 66.9 Å². The Labute approximate surface area is 134 Å². The van der Waals surface area contributed by atoms with Gasteiger partial charge in [-0.2, -0.15) is 0 Å². The molecule has 0 bridgehead atoms. The molecule has 3 rings (SSSR count). The van der Waals surface area contributed by atoms with E-state index in [0.717, 1.165) is 24.2 Å². The molecule has 1 aliphatic rings. The van der Waals surface area contributed by atoms with E-state index >= 15 is 0 Å². The summed E-state index contributed by atoms with van der Waals surface area (Å²) in [6.07, 6.45) is 4.27. The highest BCUT2D eigenvalue weighted by Crippen LogP contribution is 2.20. The molecular formula is C16H17ClN4O. The maximum atomic E-state index is 11.4. The molecule has 1 amide bonds. The van der Waals surface area contributed by atoms with Crippen LogP contribution in [0.15, 0.2) is 36.5 Å². The van der Waals surface area contributed by atoms with Gasteiger partial charge >= 0.3 is 0 Å². The van der Waals surface area contributed by atoms with Gasteiger partial charge in [0.2, 0.25) is 5.91 Å². The zero-order valence-corrected chi connectivity index (χ0v) is 12.8. The Morgan fingerprint density at radius 2 is 2.27 bits per heavy atom. The van der Waals surface area contributed by atoms with E-state index in [9.17, 15) is 4.79 Å². The van der Waals surface area contributed by atoms with Crippen LogP contribution in [0.3, 0.4) is 0 Å². The van der Waals surface area contributed by atoms with Gasteiger partial charge in [-0.05, 0) is 31.0 Å². The number of rotatable bonds is 4. The van der Waals surface area contributed by atoms with Gasteiger partial charge in [0, 0.05) is 35.8 Å².